The summed E-state index contributed by atoms with van der Waals surface area (Å²) in [6.07, 6.45) is -3.66. The first-order valence-corrected chi connectivity index (χ1v) is 6.49. The number of ether oxygens (including phenoxy) is 1. The quantitative estimate of drug-likeness (QED) is 0.872. The van der Waals surface area contributed by atoms with E-state index in [0.29, 0.717) is 17.3 Å². The number of hydrogen-bond donors (Lipinski definition) is 1. The smallest absolute Gasteiger partial charge is 0.365 e. The third-order valence-corrected chi connectivity index (χ3v) is 3.26. The van der Waals surface area contributed by atoms with Crippen molar-refractivity contribution in [1.29, 1.82) is 0 Å². The number of rotatable bonds is 6. The average molecular weight is 282 g/mol. The van der Waals surface area contributed by atoms with Gasteiger partial charge in [0.25, 0.3) is 0 Å². The third-order valence-electron chi connectivity index (χ3n) is 2.39. The molecule has 0 amide bonds. The predicted molar refractivity (Wildman–Crippen MR) is 64.3 cm³/mol. The minimum absolute atomic E-state index is 0.0102. The van der Waals surface area contributed by atoms with Crippen molar-refractivity contribution in [2.24, 2.45) is 11.7 Å². The van der Waals surface area contributed by atoms with Gasteiger partial charge in [-0.2, -0.15) is 13.2 Å². The Kier molecular flexibility index (Phi) is 5.55. The molecule has 0 radical (unpaired) electrons. The van der Waals surface area contributed by atoms with Crippen LogP contribution in [0.25, 0.3) is 0 Å². The van der Waals surface area contributed by atoms with Gasteiger partial charge in [0.15, 0.2) is 0 Å². The molecule has 0 aliphatic carbocycles. The Morgan fingerprint density at radius 3 is 2.67 bits per heavy atom. The van der Waals surface area contributed by atoms with Crippen LogP contribution in [0, 0.1) is 5.92 Å². The van der Waals surface area contributed by atoms with Crippen molar-refractivity contribution in [3.63, 3.8) is 0 Å². The Labute approximate surface area is 108 Å². The van der Waals surface area contributed by atoms with E-state index in [1.54, 1.807) is 0 Å². The molecule has 0 aliphatic rings. The van der Waals surface area contributed by atoms with Gasteiger partial charge in [0.1, 0.15) is 11.6 Å². The molecule has 104 valence electrons. The maximum absolute atomic E-state index is 11.9. The van der Waals surface area contributed by atoms with Crippen molar-refractivity contribution in [2.75, 3.05) is 6.61 Å². The summed E-state index contributed by atoms with van der Waals surface area (Å²) in [6.45, 7) is 2.68. The van der Waals surface area contributed by atoms with Crippen LogP contribution in [0.5, 0.6) is 0 Å². The second-order valence-electron chi connectivity index (χ2n) is 4.45. The summed E-state index contributed by atoms with van der Waals surface area (Å²) in [5, 5.41) is 2.36. The molecule has 3 nitrogen and oxygen atoms in total. The van der Waals surface area contributed by atoms with E-state index in [1.165, 1.54) is 11.3 Å². The molecule has 1 unspecified atom stereocenters. The molecule has 1 rings (SSSR count). The van der Waals surface area contributed by atoms with Crippen LogP contribution >= 0.6 is 11.3 Å². The molecular weight excluding hydrogens is 265 g/mol. The second kappa shape index (κ2) is 6.49. The molecule has 1 aromatic heterocycles. The fourth-order valence-electron chi connectivity index (χ4n) is 1.24. The zero-order chi connectivity index (χ0) is 13.8. The molecule has 0 bridgehead atoms. The minimum Gasteiger partial charge on any atom is -0.365 e. The Morgan fingerprint density at radius 2 is 2.11 bits per heavy atom. The van der Waals surface area contributed by atoms with Crippen LogP contribution < -0.4 is 5.73 Å². The molecule has 0 saturated carbocycles. The van der Waals surface area contributed by atoms with E-state index in [-0.39, 0.29) is 12.6 Å². The van der Waals surface area contributed by atoms with Crippen molar-refractivity contribution in [3.05, 3.63) is 16.1 Å². The molecule has 0 saturated heterocycles. The van der Waals surface area contributed by atoms with Crippen molar-refractivity contribution in [3.8, 4) is 0 Å². The predicted octanol–water partition coefficient (Wildman–Crippen LogP) is 2.75. The number of hydrogen-bond acceptors (Lipinski definition) is 4. The minimum atomic E-state index is -4.29. The lowest BCUT2D eigenvalue weighted by molar-refractivity contribution is -0.176. The lowest BCUT2D eigenvalue weighted by Gasteiger charge is -2.13. The normalized spacial score (nSPS) is 14.2. The molecule has 1 atom stereocenters. The van der Waals surface area contributed by atoms with Gasteiger partial charge in [0.2, 0.25) is 0 Å². The maximum Gasteiger partial charge on any atom is 0.411 e. The van der Waals surface area contributed by atoms with Gasteiger partial charge in [-0.05, 0) is 5.92 Å². The summed E-state index contributed by atoms with van der Waals surface area (Å²) >= 11 is 1.29. The molecule has 0 fully saturated rings. The molecule has 0 spiro atoms. The van der Waals surface area contributed by atoms with E-state index in [1.807, 2.05) is 19.2 Å². The van der Waals surface area contributed by atoms with E-state index in [0.717, 1.165) is 5.69 Å². The molecule has 0 aromatic carbocycles. The molecule has 1 heterocycles. The van der Waals surface area contributed by atoms with Gasteiger partial charge >= 0.3 is 6.18 Å². The summed E-state index contributed by atoms with van der Waals surface area (Å²) in [5.74, 6) is 0.344. The van der Waals surface area contributed by atoms with Crippen molar-refractivity contribution in [1.82, 2.24) is 4.98 Å². The first-order chi connectivity index (χ1) is 8.28. The average Bonchev–Trinajstić information content (AvgIpc) is 2.63. The van der Waals surface area contributed by atoms with Gasteiger partial charge in [-0.25, -0.2) is 4.98 Å². The molecule has 1 aromatic rings. The fourth-order valence-corrected chi connectivity index (χ4v) is 1.98. The largest absolute Gasteiger partial charge is 0.411 e. The number of nitrogens with two attached hydrogens (primary N) is 1. The lowest BCUT2D eigenvalue weighted by atomic mass is 10.0. The van der Waals surface area contributed by atoms with E-state index in [2.05, 4.69) is 9.72 Å². The van der Waals surface area contributed by atoms with Gasteiger partial charge in [-0.1, -0.05) is 13.8 Å². The van der Waals surface area contributed by atoms with Crippen LogP contribution in [0.2, 0.25) is 0 Å². The summed E-state index contributed by atoms with van der Waals surface area (Å²) in [7, 11) is 0. The number of aromatic nitrogens is 1. The summed E-state index contributed by atoms with van der Waals surface area (Å²) < 4.78 is 40.1. The topological polar surface area (TPSA) is 48.1 Å². The maximum atomic E-state index is 11.9. The molecule has 2 N–H and O–H groups in total. The highest BCUT2D eigenvalue weighted by atomic mass is 32.1. The number of alkyl halides is 3. The third kappa shape index (κ3) is 5.79. The molecule has 18 heavy (non-hydrogen) atoms. The van der Waals surface area contributed by atoms with Crippen LogP contribution in [0.4, 0.5) is 13.2 Å². The van der Waals surface area contributed by atoms with Gasteiger partial charge < -0.3 is 10.5 Å². The zero-order valence-corrected chi connectivity index (χ0v) is 11.1. The summed E-state index contributed by atoms with van der Waals surface area (Å²) in [4.78, 5) is 4.20. The van der Waals surface area contributed by atoms with Gasteiger partial charge in [-0.15, -0.1) is 11.3 Å². The summed E-state index contributed by atoms with van der Waals surface area (Å²) in [6, 6.07) is 0.0102. The summed E-state index contributed by atoms with van der Waals surface area (Å²) in [5.41, 5.74) is 6.71. The highest BCUT2D eigenvalue weighted by Gasteiger charge is 2.27. The van der Waals surface area contributed by atoms with E-state index < -0.39 is 12.8 Å². The molecule has 7 heteroatoms. The standard InChI is InChI=1S/C11H17F3N2OS/c1-7(2)9(15)3-8-5-18-10(16-8)4-17-6-11(12,13)14/h5,7,9H,3-4,6,15H2,1-2H3. The van der Waals surface area contributed by atoms with Crippen LogP contribution in [-0.4, -0.2) is 23.8 Å². The molecule has 0 aliphatic heterocycles. The van der Waals surface area contributed by atoms with Crippen molar-refractivity contribution < 1.29 is 17.9 Å². The SMILES string of the molecule is CC(C)C(N)Cc1csc(COCC(F)(F)F)n1. The lowest BCUT2D eigenvalue weighted by Crippen LogP contribution is -2.28. The fraction of sp³-hybridized carbons (Fsp3) is 0.727. The highest BCUT2D eigenvalue weighted by molar-refractivity contribution is 7.09. The highest BCUT2D eigenvalue weighted by Crippen LogP contribution is 2.18. The van der Waals surface area contributed by atoms with Crippen molar-refractivity contribution in [2.45, 2.75) is 39.1 Å². The van der Waals surface area contributed by atoms with Crippen LogP contribution in [0.3, 0.4) is 0 Å². The van der Waals surface area contributed by atoms with E-state index in [4.69, 9.17) is 5.73 Å². The van der Waals surface area contributed by atoms with Gasteiger partial charge in [0.05, 0.1) is 12.3 Å². The van der Waals surface area contributed by atoms with E-state index in [9.17, 15) is 13.2 Å². The monoisotopic (exact) mass is 282 g/mol. The first kappa shape index (κ1) is 15.4. The zero-order valence-electron chi connectivity index (χ0n) is 10.3. The Bertz CT molecular complexity index is 365. The van der Waals surface area contributed by atoms with Crippen LogP contribution in [0.1, 0.15) is 24.5 Å². The Morgan fingerprint density at radius 1 is 1.44 bits per heavy atom. The Balaban J connectivity index is 2.39. The number of halogens is 3. The van der Waals surface area contributed by atoms with Crippen LogP contribution in [0.15, 0.2) is 5.38 Å². The second-order valence-corrected chi connectivity index (χ2v) is 5.40. The Hall–Kier alpha value is -0.660. The van der Waals surface area contributed by atoms with Crippen LogP contribution in [-0.2, 0) is 17.8 Å². The van der Waals surface area contributed by atoms with E-state index >= 15 is 0 Å². The van der Waals surface area contributed by atoms with Gasteiger partial charge in [-0.3, -0.25) is 0 Å². The van der Waals surface area contributed by atoms with Gasteiger partial charge in [0, 0.05) is 17.8 Å². The number of thiazole rings is 1. The van der Waals surface area contributed by atoms with Crippen molar-refractivity contribution >= 4 is 11.3 Å². The number of nitrogens with zero attached hydrogens (tertiary/aromatic N) is 1. The first-order valence-electron chi connectivity index (χ1n) is 5.61. The molecular formula is C11H17F3N2OS.